The molecule has 0 bridgehead atoms. The Morgan fingerprint density at radius 2 is 1.80 bits per heavy atom. The smallest absolute Gasteiger partial charge is 0.0236 e. The van der Waals surface area contributed by atoms with Gasteiger partial charge < -0.3 is 5.32 Å². The SMILES string of the molecule is CCCNCCc1ccccc1CN(C)C1CCCC1. The first-order valence-corrected chi connectivity index (χ1v) is 8.29. The maximum atomic E-state index is 3.51. The van der Waals surface area contributed by atoms with Crippen LogP contribution in [0.25, 0.3) is 0 Å². The van der Waals surface area contributed by atoms with Gasteiger partial charge in [0, 0.05) is 12.6 Å². The van der Waals surface area contributed by atoms with Gasteiger partial charge >= 0.3 is 0 Å². The van der Waals surface area contributed by atoms with Crippen molar-refractivity contribution >= 4 is 0 Å². The molecule has 2 heteroatoms. The predicted octanol–water partition coefficient (Wildman–Crippen LogP) is 3.60. The molecule has 0 aliphatic heterocycles. The molecular weight excluding hydrogens is 244 g/mol. The highest BCUT2D eigenvalue weighted by atomic mass is 15.1. The van der Waals surface area contributed by atoms with Gasteiger partial charge in [-0.1, -0.05) is 44.0 Å². The molecule has 1 aromatic carbocycles. The Hall–Kier alpha value is -0.860. The number of benzene rings is 1. The zero-order valence-corrected chi connectivity index (χ0v) is 13.2. The van der Waals surface area contributed by atoms with Gasteiger partial charge in [-0.3, -0.25) is 4.90 Å². The van der Waals surface area contributed by atoms with Crippen molar-refractivity contribution in [3.63, 3.8) is 0 Å². The van der Waals surface area contributed by atoms with Gasteiger partial charge in [-0.25, -0.2) is 0 Å². The second kappa shape index (κ2) is 8.43. The van der Waals surface area contributed by atoms with Gasteiger partial charge in [-0.2, -0.15) is 0 Å². The fourth-order valence-corrected chi connectivity index (χ4v) is 3.22. The molecular formula is C18H30N2. The average Bonchev–Trinajstić information content (AvgIpc) is 2.99. The van der Waals surface area contributed by atoms with Gasteiger partial charge in [0.15, 0.2) is 0 Å². The van der Waals surface area contributed by atoms with Crippen LogP contribution in [0.4, 0.5) is 0 Å². The summed E-state index contributed by atoms with van der Waals surface area (Å²) in [5.41, 5.74) is 3.03. The maximum absolute atomic E-state index is 3.51. The summed E-state index contributed by atoms with van der Waals surface area (Å²) < 4.78 is 0. The van der Waals surface area contributed by atoms with Gasteiger partial charge in [-0.15, -0.1) is 0 Å². The van der Waals surface area contributed by atoms with Gasteiger partial charge in [0.2, 0.25) is 0 Å². The number of nitrogens with one attached hydrogen (secondary N) is 1. The number of nitrogens with zero attached hydrogens (tertiary/aromatic N) is 1. The van der Waals surface area contributed by atoms with Crippen molar-refractivity contribution in [2.75, 3.05) is 20.1 Å². The Kier molecular flexibility index (Phi) is 6.55. The first-order chi connectivity index (χ1) is 9.81. The average molecular weight is 274 g/mol. The fourth-order valence-electron chi connectivity index (χ4n) is 3.22. The monoisotopic (exact) mass is 274 g/mol. The second-order valence-electron chi connectivity index (χ2n) is 6.12. The topological polar surface area (TPSA) is 15.3 Å². The van der Waals surface area contributed by atoms with E-state index in [1.54, 1.807) is 0 Å². The zero-order valence-electron chi connectivity index (χ0n) is 13.2. The molecule has 2 nitrogen and oxygen atoms in total. The largest absolute Gasteiger partial charge is 0.316 e. The lowest BCUT2D eigenvalue weighted by Gasteiger charge is -2.25. The van der Waals surface area contributed by atoms with E-state index >= 15 is 0 Å². The van der Waals surface area contributed by atoms with Crippen molar-refractivity contribution in [3.05, 3.63) is 35.4 Å². The standard InChI is InChI=1S/C18H30N2/c1-3-13-19-14-12-16-8-4-5-9-17(16)15-20(2)18-10-6-7-11-18/h4-5,8-9,18-19H,3,6-7,10-15H2,1-2H3. The van der Waals surface area contributed by atoms with E-state index in [0.717, 1.165) is 32.1 Å². The van der Waals surface area contributed by atoms with Gasteiger partial charge in [0.05, 0.1) is 0 Å². The maximum Gasteiger partial charge on any atom is 0.0236 e. The summed E-state index contributed by atoms with van der Waals surface area (Å²) in [6, 6.07) is 9.77. The van der Waals surface area contributed by atoms with E-state index in [1.807, 2.05) is 0 Å². The van der Waals surface area contributed by atoms with E-state index in [4.69, 9.17) is 0 Å². The van der Waals surface area contributed by atoms with Crippen LogP contribution in [-0.4, -0.2) is 31.1 Å². The molecule has 0 atom stereocenters. The third-order valence-electron chi connectivity index (χ3n) is 4.48. The molecule has 1 saturated carbocycles. The molecule has 0 amide bonds. The third-order valence-corrected chi connectivity index (χ3v) is 4.48. The first-order valence-electron chi connectivity index (χ1n) is 8.29. The number of hydrogen-bond acceptors (Lipinski definition) is 2. The fraction of sp³-hybridized carbons (Fsp3) is 0.667. The summed E-state index contributed by atoms with van der Waals surface area (Å²) in [5, 5.41) is 3.51. The highest BCUT2D eigenvalue weighted by Crippen LogP contribution is 2.24. The number of hydrogen-bond donors (Lipinski definition) is 1. The second-order valence-corrected chi connectivity index (χ2v) is 6.12. The highest BCUT2D eigenvalue weighted by molar-refractivity contribution is 5.27. The zero-order chi connectivity index (χ0) is 14.2. The Bertz CT molecular complexity index is 383. The molecule has 112 valence electrons. The lowest BCUT2D eigenvalue weighted by molar-refractivity contribution is 0.237. The van der Waals surface area contributed by atoms with E-state index in [0.29, 0.717) is 0 Å². The Balaban J connectivity index is 1.89. The van der Waals surface area contributed by atoms with Crippen LogP contribution in [0, 0.1) is 0 Å². The Morgan fingerprint density at radius 1 is 1.10 bits per heavy atom. The molecule has 0 spiro atoms. The molecule has 1 N–H and O–H groups in total. The van der Waals surface area contributed by atoms with Crippen molar-refractivity contribution in [1.82, 2.24) is 10.2 Å². The molecule has 1 aromatic rings. The summed E-state index contributed by atoms with van der Waals surface area (Å²) in [5.74, 6) is 0. The molecule has 1 aliphatic carbocycles. The summed E-state index contributed by atoms with van der Waals surface area (Å²) in [7, 11) is 2.29. The summed E-state index contributed by atoms with van der Waals surface area (Å²) >= 11 is 0. The Morgan fingerprint density at radius 3 is 2.50 bits per heavy atom. The van der Waals surface area contributed by atoms with Crippen LogP contribution in [-0.2, 0) is 13.0 Å². The molecule has 0 unspecified atom stereocenters. The van der Waals surface area contributed by atoms with Gasteiger partial charge in [-0.05, 0) is 56.9 Å². The van der Waals surface area contributed by atoms with E-state index in [2.05, 4.69) is 48.5 Å². The molecule has 20 heavy (non-hydrogen) atoms. The summed E-state index contributed by atoms with van der Waals surface area (Å²) in [6.07, 6.45) is 7.96. The molecule has 1 aliphatic rings. The summed E-state index contributed by atoms with van der Waals surface area (Å²) in [4.78, 5) is 2.56. The van der Waals surface area contributed by atoms with Crippen LogP contribution in [0.2, 0.25) is 0 Å². The normalized spacial score (nSPS) is 16.1. The highest BCUT2D eigenvalue weighted by Gasteiger charge is 2.19. The van der Waals surface area contributed by atoms with E-state index in [9.17, 15) is 0 Å². The van der Waals surface area contributed by atoms with Crippen LogP contribution in [0.15, 0.2) is 24.3 Å². The Labute approximate surface area is 124 Å². The van der Waals surface area contributed by atoms with Crippen LogP contribution >= 0.6 is 0 Å². The van der Waals surface area contributed by atoms with Crippen molar-refractivity contribution in [2.45, 2.75) is 58.0 Å². The van der Waals surface area contributed by atoms with E-state index in [1.165, 1.54) is 43.2 Å². The van der Waals surface area contributed by atoms with Crippen LogP contribution in [0.5, 0.6) is 0 Å². The van der Waals surface area contributed by atoms with Crippen LogP contribution in [0.1, 0.15) is 50.2 Å². The van der Waals surface area contributed by atoms with Crippen LogP contribution < -0.4 is 5.32 Å². The quantitative estimate of drug-likeness (QED) is 0.729. The third kappa shape index (κ3) is 4.60. The minimum atomic E-state index is 0.807. The van der Waals surface area contributed by atoms with Gasteiger partial charge in [0.25, 0.3) is 0 Å². The van der Waals surface area contributed by atoms with E-state index in [-0.39, 0.29) is 0 Å². The lowest BCUT2D eigenvalue weighted by atomic mass is 10.0. The number of rotatable bonds is 8. The van der Waals surface area contributed by atoms with Crippen molar-refractivity contribution < 1.29 is 0 Å². The molecule has 0 aromatic heterocycles. The van der Waals surface area contributed by atoms with Crippen LogP contribution in [0.3, 0.4) is 0 Å². The molecule has 0 radical (unpaired) electrons. The van der Waals surface area contributed by atoms with Crippen molar-refractivity contribution in [2.24, 2.45) is 0 Å². The van der Waals surface area contributed by atoms with E-state index < -0.39 is 0 Å². The lowest BCUT2D eigenvalue weighted by Crippen LogP contribution is -2.29. The van der Waals surface area contributed by atoms with Crippen molar-refractivity contribution in [3.8, 4) is 0 Å². The molecule has 0 saturated heterocycles. The minimum Gasteiger partial charge on any atom is -0.316 e. The molecule has 2 rings (SSSR count). The van der Waals surface area contributed by atoms with Gasteiger partial charge in [0.1, 0.15) is 0 Å². The first kappa shape index (κ1) is 15.5. The predicted molar refractivity (Wildman–Crippen MR) is 87.0 cm³/mol. The molecule has 0 heterocycles. The minimum absolute atomic E-state index is 0.807. The van der Waals surface area contributed by atoms with Crippen molar-refractivity contribution in [1.29, 1.82) is 0 Å². The molecule has 1 fully saturated rings. The summed E-state index contributed by atoms with van der Waals surface area (Å²) in [6.45, 7) is 5.55.